The molecular weight excluding hydrogens is 528 g/mol. The van der Waals surface area contributed by atoms with Crippen molar-refractivity contribution >= 4 is 47.8 Å². The minimum absolute atomic E-state index is 0.0431. The Labute approximate surface area is 181 Å². The molecule has 2 unspecified atom stereocenters. The van der Waals surface area contributed by atoms with Gasteiger partial charge < -0.3 is 14.2 Å². The predicted octanol–water partition coefficient (Wildman–Crippen LogP) is 6.86. The second-order valence-electron chi connectivity index (χ2n) is 5.69. The summed E-state index contributed by atoms with van der Waals surface area (Å²) >= 11 is 11.1. The van der Waals surface area contributed by atoms with Gasteiger partial charge in [-0.2, -0.15) is 0 Å². The van der Waals surface area contributed by atoms with E-state index < -0.39 is 0 Å². The quantitative estimate of drug-likeness (QED) is 0.209. The van der Waals surface area contributed by atoms with Gasteiger partial charge in [0.05, 0.1) is 38.6 Å². The lowest BCUT2D eigenvalue weighted by Gasteiger charge is -2.21. The molecule has 2 atom stereocenters. The molecule has 0 aliphatic heterocycles. The maximum absolute atomic E-state index is 5.85. The minimum Gasteiger partial charge on any atom is -0.373 e. The monoisotopic (exact) mass is 550 g/mol. The van der Waals surface area contributed by atoms with Crippen LogP contribution in [0.25, 0.3) is 0 Å². The van der Waals surface area contributed by atoms with E-state index >= 15 is 0 Å². The molecule has 3 nitrogen and oxygen atoms in total. The number of ether oxygens (including phenoxy) is 3. The van der Waals surface area contributed by atoms with E-state index in [4.69, 9.17) is 14.2 Å². The SMILES string of the molecule is C=CCOCc1c(Br)c(COC(C)C=C)c(Br)c(COC(C)C=C)c1Br. The van der Waals surface area contributed by atoms with Gasteiger partial charge in [0, 0.05) is 30.1 Å². The van der Waals surface area contributed by atoms with Gasteiger partial charge >= 0.3 is 0 Å². The lowest BCUT2D eigenvalue weighted by Crippen LogP contribution is -2.11. The largest absolute Gasteiger partial charge is 0.373 e. The van der Waals surface area contributed by atoms with Crippen LogP contribution in [0, 0.1) is 0 Å². The smallest absolute Gasteiger partial charge is 0.0747 e. The third-order valence-corrected chi connectivity index (χ3v) is 6.59. The normalized spacial score (nSPS) is 13.3. The van der Waals surface area contributed by atoms with Gasteiger partial charge in [0.25, 0.3) is 0 Å². The van der Waals surface area contributed by atoms with Gasteiger partial charge in [-0.3, -0.25) is 0 Å². The molecule has 1 aromatic rings. The second kappa shape index (κ2) is 12.3. The molecular formula is C20H25Br3O3. The number of hydrogen-bond acceptors (Lipinski definition) is 3. The molecule has 0 aromatic heterocycles. The zero-order valence-electron chi connectivity index (χ0n) is 15.2. The van der Waals surface area contributed by atoms with Crippen molar-refractivity contribution in [3.8, 4) is 0 Å². The van der Waals surface area contributed by atoms with Crippen molar-refractivity contribution in [3.63, 3.8) is 0 Å². The molecule has 0 N–H and O–H groups in total. The first kappa shape index (κ1) is 23.8. The third kappa shape index (κ3) is 6.73. The summed E-state index contributed by atoms with van der Waals surface area (Å²) in [5.41, 5.74) is 3.01. The molecule has 144 valence electrons. The van der Waals surface area contributed by atoms with Crippen LogP contribution in [0.15, 0.2) is 51.4 Å². The number of halogens is 3. The number of rotatable bonds is 12. The molecule has 0 saturated heterocycles. The minimum atomic E-state index is -0.0431. The average Bonchev–Trinajstić information content (AvgIpc) is 2.63. The predicted molar refractivity (Wildman–Crippen MR) is 118 cm³/mol. The van der Waals surface area contributed by atoms with E-state index in [2.05, 4.69) is 67.5 Å². The van der Waals surface area contributed by atoms with Crippen molar-refractivity contribution in [3.05, 3.63) is 68.1 Å². The van der Waals surface area contributed by atoms with E-state index in [1.54, 1.807) is 18.2 Å². The lowest BCUT2D eigenvalue weighted by atomic mass is 10.1. The molecule has 0 fully saturated rings. The summed E-state index contributed by atoms with van der Waals surface area (Å²) in [5, 5.41) is 0. The van der Waals surface area contributed by atoms with Gasteiger partial charge in [-0.05, 0) is 61.6 Å². The summed E-state index contributed by atoms with van der Waals surface area (Å²) < 4.78 is 20.2. The Morgan fingerprint density at radius 3 is 1.50 bits per heavy atom. The van der Waals surface area contributed by atoms with Crippen LogP contribution in [0.3, 0.4) is 0 Å². The van der Waals surface area contributed by atoms with Gasteiger partial charge in [0.1, 0.15) is 0 Å². The van der Waals surface area contributed by atoms with E-state index in [-0.39, 0.29) is 12.2 Å². The number of benzene rings is 1. The topological polar surface area (TPSA) is 27.7 Å². The maximum atomic E-state index is 5.85. The fourth-order valence-electron chi connectivity index (χ4n) is 2.03. The first-order chi connectivity index (χ1) is 12.4. The Bertz CT molecular complexity index is 599. The van der Waals surface area contributed by atoms with Gasteiger partial charge in [0.2, 0.25) is 0 Å². The van der Waals surface area contributed by atoms with Crippen molar-refractivity contribution in [1.29, 1.82) is 0 Å². The highest BCUT2D eigenvalue weighted by atomic mass is 79.9. The summed E-state index contributed by atoms with van der Waals surface area (Å²) in [5.74, 6) is 0. The van der Waals surface area contributed by atoms with E-state index in [9.17, 15) is 0 Å². The Morgan fingerprint density at radius 2 is 1.15 bits per heavy atom. The van der Waals surface area contributed by atoms with Crippen LogP contribution in [0.5, 0.6) is 0 Å². The summed E-state index contributed by atoms with van der Waals surface area (Å²) in [6.07, 6.45) is 5.18. The van der Waals surface area contributed by atoms with E-state index in [0.29, 0.717) is 26.4 Å². The Morgan fingerprint density at radius 1 is 0.769 bits per heavy atom. The Balaban J connectivity index is 3.27. The van der Waals surface area contributed by atoms with E-state index in [1.807, 2.05) is 13.8 Å². The van der Waals surface area contributed by atoms with E-state index in [1.165, 1.54) is 0 Å². The highest BCUT2D eigenvalue weighted by Gasteiger charge is 2.21. The molecule has 0 spiro atoms. The Hall–Kier alpha value is -0.240. The van der Waals surface area contributed by atoms with Gasteiger partial charge in [-0.1, -0.05) is 18.2 Å². The first-order valence-corrected chi connectivity index (χ1v) is 10.6. The number of hydrogen-bond donors (Lipinski definition) is 0. The average molecular weight is 553 g/mol. The van der Waals surface area contributed by atoms with Crippen LogP contribution in [-0.2, 0) is 34.0 Å². The van der Waals surface area contributed by atoms with Crippen LogP contribution in [-0.4, -0.2) is 18.8 Å². The van der Waals surface area contributed by atoms with Crippen LogP contribution in [0.2, 0.25) is 0 Å². The summed E-state index contributed by atoms with van der Waals surface area (Å²) in [7, 11) is 0. The maximum Gasteiger partial charge on any atom is 0.0747 e. The molecule has 26 heavy (non-hydrogen) atoms. The molecule has 0 aliphatic rings. The van der Waals surface area contributed by atoms with Crippen molar-refractivity contribution in [1.82, 2.24) is 0 Å². The first-order valence-electron chi connectivity index (χ1n) is 8.21. The summed E-state index contributed by atoms with van der Waals surface area (Å²) in [4.78, 5) is 0. The van der Waals surface area contributed by atoms with Crippen molar-refractivity contribution in [2.45, 2.75) is 45.9 Å². The van der Waals surface area contributed by atoms with Crippen LogP contribution >= 0.6 is 47.8 Å². The van der Waals surface area contributed by atoms with Crippen LogP contribution < -0.4 is 0 Å². The molecule has 1 aromatic carbocycles. The Kier molecular flexibility index (Phi) is 11.2. The van der Waals surface area contributed by atoms with Crippen molar-refractivity contribution in [2.24, 2.45) is 0 Å². The van der Waals surface area contributed by atoms with Crippen molar-refractivity contribution < 1.29 is 14.2 Å². The summed E-state index contributed by atoms with van der Waals surface area (Å²) in [6, 6.07) is 0. The molecule has 0 radical (unpaired) electrons. The summed E-state index contributed by atoms with van der Waals surface area (Å²) in [6.45, 7) is 16.9. The van der Waals surface area contributed by atoms with Crippen LogP contribution in [0.1, 0.15) is 30.5 Å². The molecule has 6 heteroatoms. The zero-order chi connectivity index (χ0) is 19.7. The van der Waals surface area contributed by atoms with Gasteiger partial charge in [-0.25, -0.2) is 0 Å². The zero-order valence-corrected chi connectivity index (χ0v) is 20.0. The lowest BCUT2D eigenvalue weighted by molar-refractivity contribution is 0.0791. The third-order valence-electron chi connectivity index (χ3n) is 3.72. The van der Waals surface area contributed by atoms with E-state index in [0.717, 1.165) is 30.1 Å². The molecule has 0 amide bonds. The fraction of sp³-hybridized carbons (Fsp3) is 0.400. The van der Waals surface area contributed by atoms with Crippen molar-refractivity contribution in [2.75, 3.05) is 6.61 Å². The fourth-order valence-corrected chi connectivity index (χ4v) is 4.70. The van der Waals surface area contributed by atoms with Gasteiger partial charge in [0.15, 0.2) is 0 Å². The standard InChI is InChI=1S/C20H25Br3O3/c1-6-9-24-10-15-18(21)16(11-25-13(4)7-2)20(23)17(19(15)22)12-26-14(5)8-3/h6-8,13-14H,1-3,9-12H2,4-5H3. The highest BCUT2D eigenvalue weighted by molar-refractivity contribution is 9.11. The van der Waals surface area contributed by atoms with Crippen LogP contribution in [0.4, 0.5) is 0 Å². The second-order valence-corrected chi connectivity index (χ2v) is 8.06. The highest BCUT2D eigenvalue weighted by Crippen LogP contribution is 2.40. The molecule has 1 rings (SSSR count). The molecule has 0 saturated carbocycles. The molecule has 0 aliphatic carbocycles. The van der Waals surface area contributed by atoms with Gasteiger partial charge in [-0.15, -0.1) is 19.7 Å². The molecule has 0 heterocycles. The molecule has 0 bridgehead atoms.